The molecule has 2 aromatic rings. The molecule has 0 radical (unpaired) electrons. The molecule has 0 unspecified atom stereocenters. The highest BCUT2D eigenvalue weighted by Gasteiger charge is 2.31. The van der Waals surface area contributed by atoms with Crippen molar-refractivity contribution in [1.82, 2.24) is 14.9 Å². The lowest BCUT2D eigenvalue weighted by Crippen LogP contribution is -2.51. The van der Waals surface area contributed by atoms with Crippen molar-refractivity contribution in [3.8, 4) is 5.75 Å². The summed E-state index contributed by atoms with van der Waals surface area (Å²) in [7, 11) is 1.68. The first kappa shape index (κ1) is 18.5. The van der Waals surface area contributed by atoms with Crippen molar-refractivity contribution >= 4 is 17.5 Å². The molecule has 0 spiro atoms. The highest BCUT2D eigenvalue weighted by atomic mass is 16.5. The number of aromatic nitrogens is 2. The molecule has 0 bridgehead atoms. The smallest absolute Gasteiger partial charge is 0.225 e. The van der Waals surface area contributed by atoms with Crippen molar-refractivity contribution < 1.29 is 9.53 Å². The minimum Gasteiger partial charge on any atom is -0.497 e. The summed E-state index contributed by atoms with van der Waals surface area (Å²) in [4.78, 5) is 28.1. The first-order valence-electron chi connectivity index (χ1n) is 9.94. The second-order valence-electron chi connectivity index (χ2n) is 7.32. The number of methoxy groups -OCH3 is 1. The van der Waals surface area contributed by atoms with Crippen molar-refractivity contribution in [3.63, 3.8) is 0 Å². The molecule has 2 aliphatic heterocycles. The molecular formula is C21H27N5O2. The molecule has 148 valence electrons. The summed E-state index contributed by atoms with van der Waals surface area (Å²) < 4.78 is 5.23. The van der Waals surface area contributed by atoms with Gasteiger partial charge in [0.1, 0.15) is 5.75 Å². The molecule has 4 rings (SSSR count). The molecule has 1 aromatic carbocycles. The van der Waals surface area contributed by atoms with Crippen LogP contribution in [0.4, 0.5) is 11.6 Å². The summed E-state index contributed by atoms with van der Waals surface area (Å²) in [5.41, 5.74) is 1.18. The maximum Gasteiger partial charge on any atom is 0.225 e. The molecular weight excluding hydrogens is 354 g/mol. The second kappa shape index (κ2) is 8.46. The third-order valence-corrected chi connectivity index (χ3v) is 5.71. The highest BCUT2D eigenvalue weighted by molar-refractivity contribution is 5.79. The van der Waals surface area contributed by atoms with Gasteiger partial charge in [-0.3, -0.25) is 4.79 Å². The van der Waals surface area contributed by atoms with E-state index in [-0.39, 0.29) is 5.92 Å². The van der Waals surface area contributed by atoms with E-state index in [1.54, 1.807) is 19.5 Å². The molecule has 28 heavy (non-hydrogen) atoms. The lowest BCUT2D eigenvalue weighted by Gasteiger charge is -2.39. The van der Waals surface area contributed by atoms with Gasteiger partial charge in [-0.25, -0.2) is 9.97 Å². The number of carbonyl (C=O) groups excluding carboxylic acids is 1. The molecule has 1 amide bonds. The fourth-order valence-corrected chi connectivity index (χ4v) is 4.02. The lowest BCUT2D eigenvalue weighted by atomic mass is 9.95. The van der Waals surface area contributed by atoms with Crippen LogP contribution in [-0.2, 0) is 4.79 Å². The minimum atomic E-state index is 0.118. The van der Waals surface area contributed by atoms with Crippen LogP contribution in [0.2, 0.25) is 0 Å². The molecule has 7 nitrogen and oxygen atoms in total. The number of hydrogen-bond donors (Lipinski definition) is 0. The Labute approximate surface area is 165 Å². The van der Waals surface area contributed by atoms with Gasteiger partial charge >= 0.3 is 0 Å². The van der Waals surface area contributed by atoms with Crippen LogP contribution in [0.3, 0.4) is 0 Å². The van der Waals surface area contributed by atoms with Crippen molar-refractivity contribution in [2.45, 2.75) is 12.8 Å². The van der Waals surface area contributed by atoms with Crippen molar-refractivity contribution in [3.05, 3.63) is 42.7 Å². The van der Waals surface area contributed by atoms with Gasteiger partial charge in [-0.05, 0) is 43.2 Å². The van der Waals surface area contributed by atoms with Crippen LogP contribution in [-0.4, -0.2) is 67.2 Å². The number of benzene rings is 1. The largest absolute Gasteiger partial charge is 0.497 e. The van der Waals surface area contributed by atoms with Gasteiger partial charge in [-0.15, -0.1) is 0 Å². The van der Waals surface area contributed by atoms with Crippen LogP contribution in [0.1, 0.15) is 12.8 Å². The Bertz CT molecular complexity index is 767. The number of amides is 1. The van der Waals surface area contributed by atoms with Gasteiger partial charge in [0.2, 0.25) is 11.9 Å². The Balaban J connectivity index is 1.27. The lowest BCUT2D eigenvalue weighted by molar-refractivity contribution is -0.136. The van der Waals surface area contributed by atoms with Crippen LogP contribution in [0.25, 0.3) is 0 Å². The quantitative estimate of drug-likeness (QED) is 0.808. The second-order valence-corrected chi connectivity index (χ2v) is 7.32. The van der Waals surface area contributed by atoms with Gasteiger partial charge in [0.25, 0.3) is 0 Å². The topological polar surface area (TPSA) is 61.8 Å². The fraction of sp³-hybridized carbons (Fsp3) is 0.476. The zero-order valence-electron chi connectivity index (χ0n) is 16.3. The number of rotatable bonds is 4. The molecule has 2 aliphatic rings. The molecule has 0 saturated carbocycles. The normalized spacial score (nSPS) is 18.2. The Morgan fingerprint density at radius 1 is 0.929 bits per heavy atom. The monoisotopic (exact) mass is 381 g/mol. The van der Waals surface area contributed by atoms with Crippen molar-refractivity contribution in [2.24, 2.45) is 5.92 Å². The summed E-state index contributed by atoms with van der Waals surface area (Å²) in [5.74, 6) is 2.06. The van der Waals surface area contributed by atoms with E-state index in [2.05, 4.69) is 31.9 Å². The highest BCUT2D eigenvalue weighted by Crippen LogP contribution is 2.24. The van der Waals surface area contributed by atoms with Crippen LogP contribution >= 0.6 is 0 Å². The predicted octanol–water partition coefficient (Wildman–Crippen LogP) is 2.05. The fourth-order valence-electron chi connectivity index (χ4n) is 4.02. The first-order valence-corrected chi connectivity index (χ1v) is 9.94. The molecule has 3 heterocycles. The molecule has 2 fully saturated rings. The van der Waals surface area contributed by atoms with Gasteiger partial charge in [0, 0.05) is 63.3 Å². The molecule has 0 aliphatic carbocycles. The summed E-state index contributed by atoms with van der Waals surface area (Å²) in [5, 5.41) is 0. The average molecular weight is 381 g/mol. The summed E-state index contributed by atoms with van der Waals surface area (Å²) in [6.45, 7) is 4.99. The van der Waals surface area contributed by atoms with Crippen molar-refractivity contribution in [2.75, 3.05) is 56.2 Å². The van der Waals surface area contributed by atoms with Gasteiger partial charge < -0.3 is 19.4 Å². The van der Waals surface area contributed by atoms with E-state index in [0.717, 1.165) is 63.8 Å². The Morgan fingerprint density at radius 2 is 1.57 bits per heavy atom. The average Bonchev–Trinajstić information content (AvgIpc) is 2.79. The molecule has 0 N–H and O–H groups in total. The van der Waals surface area contributed by atoms with Gasteiger partial charge in [0.15, 0.2) is 0 Å². The molecule has 0 atom stereocenters. The third kappa shape index (κ3) is 4.03. The SMILES string of the molecule is COc1ccc(N2CCN(C(=O)C3CCN(c4ncccn4)CC3)CC2)cc1. The number of carbonyl (C=O) groups is 1. The number of piperidine rings is 1. The van der Waals surface area contributed by atoms with E-state index in [9.17, 15) is 4.79 Å². The maximum absolute atomic E-state index is 13.0. The number of anilines is 2. The number of nitrogens with zero attached hydrogens (tertiary/aromatic N) is 5. The minimum absolute atomic E-state index is 0.118. The number of hydrogen-bond acceptors (Lipinski definition) is 6. The Morgan fingerprint density at radius 3 is 2.18 bits per heavy atom. The Hall–Kier alpha value is -2.83. The van der Waals surface area contributed by atoms with Gasteiger partial charge in [-0.2, -0.15) is 0 Å². The summed E-state index contributed by atoms with van der Waals surface area (Å²) >= 11 is 0. The van der Waals surface area contributed by atoms with Gasteiger partial charge in [-0.1, -0.05) is 0 Å². The van der Waals surface area contributed by atoms with E-state index in [1.165, 1.54) is 5.69 Å². The molecule has 2 saturated heterocycles. The maximum atomic E-state index is 13.0. The third-order valence-electron chi connectivity index (χ3n) is 5.71. The van der Waals surface area contributed by atoms with E-state index >= 15 is 0 Å². The first-order chi connectivity index (χ1) is 13.7. The van der Waals surface area contributed by atoms with Gasteiger partial charge in [0.05, 0.1) is 7.11 Å². The van der Waals surface area contributed by atoms with E-state index in [1.807, 2.05) is 23.1 Å². The number of ether oxygens (including phenoxy) is 1. The zero-order chi connectivity index (χ0) is 19.3. The molecule has 1 aromatic heterocycles. The van der Waals surface area contributed by atoms with Crippen molar-refractivity contribution in [1.29, 1.82) is 0 Å². The summed E-state index contributed by atoms with van der Waals surface area (Å²) in [6, 6.07) is 9.95. The van der Waals surface area contributed by atoms with Crippen LogP contribution in [0, 0.1) is 5.92 Å². The standard InChI is InChI=1S/C21H27N5O2/c1-28-19-5-3-18(4-6-19)24-13-15-25(16-14-24)20(27)17-7-11-26(12-8-17)21-22-9-2-10-23-21/h2-6,9-10,17H,7-8,11-16H2,1H3. The Kier molecular flexibility index (Phi) is 5.60. The molecule has 7 heteroatoms. The predicted molar refractivity (Wildman–Crippen MR) is 109 cm³/mol. The zero-order valence-corrected chi connectivity index (χ0v) is 16.3. The van der Waals surface area contributed by atoms with E-state index in [4.69, 9.17) is 4.74 Å². The number of piperazine rings is 1. The van der Waals surface area contributed by atoms with E-state index < -0.39 is 0 Å². The van der Waals surface area contributed by atoms with Crippen LogP contribution < -0.4 is 14.5 Å². The van der Waals surface area contributed by atoms with E-state index in [0.29, 0.717) is 5.91 Å². The van der Waals surface area contributed by atoms with Crippen LogP contribution in [0.15, 0.2) is 42.7 Å². The van der Waals surface area contributed by atoms with Crippen LogP contribution in [0.5, 0.6) is 5.75 Å². The summed E-state index contributed by atoms with van der Waals surface area (Å²) in [6.07, 6.45) is 5.27.